The van der Waals surface area contributed by atoms with Gasteiger partial charge in [-0.2, -0.15) is 15.0 Å². The Labute approximate surface area is 82.4 Å². The van der Waals surface area contributed by atoms with E-state index in [2.05, 4.69) is 10.2 Å². The number of para-hydroxylation sites is 1. The van der Waals surface area contributed by atoms with Crippen LogP contribution in [-0.2, 0) is 6.54 Å². The molecule has 1 aromatic heterocycles. The third kappa shape index (κ3) is 1.52. The van der Waals surface area contributed by atoms with Gasteiger partial charge in [-0.05, 0) is 19.1 Å². The zero-order valence-corrected chi connectivity index (χ0v) is 8.01. The van der Waals surface area contributed by atoms with E-state index in [-0.39, 0.29) is 0 Å². The first-order chi connectivity index (χ1) is 6.81. The number of nitrogens with two attached hydrogens (primary N) is 1. The molecule has 0 aliphatic carbocycles. The minimum Gasteiger partial charge on any atom is -0.325 e. The van der Waals surface area contributed by atoms with E-state index in [0.29, 0.717) is 6.54 Å². The first kappa shape index (κ1) is 8.90. The number of aromatic nitrogens is 3. The molecule has 0 unspecified atom stereocenters. The highest BCUT2D eigenvalue weighted by Gasteiger charge is 2.05. The average Bonchev–Trinajstić information content (AvgIpc) is 2.61. The summed E-state index contributed by atoms with van der Waals surface area (Å²) >= 11 is 0. The van der Waals surface area contributed by atoms with E-state index < -0.39 is 0 Å². The summed E-state index contributed by atoms with van der Waals surface area (Å²) < 4.78 is 0. The second-order valence-electron chi connectivity index (χ2n) is 3.06. The Hall–Kier alpha value is -1.68. The lowest BCUT2D eigenvalue weighted by atomic mass is 10.3. The molecule has 0 saturated heterocycles. The number of hydrogen-bond acceptors (Lipinski definition) is 3. The minimum absolute atomic E-state index is 0.429. The second-order valence-corrected chi connectivity index (χ2v) is 3.06. The third-order valence-corrected chi connectivity index (χ3v) is 2.06. The number of benzene rings is 1. The van der Waals surface area contributed by atoms with E-state index in [1.807, 2.05) is 37.3 Å². The fraction of sp³-hybridized carbons (Fsp3) is 0.200. The molecule has 0 saturated carbocycles. The number of nitrogens with zero attached hydrogens (tertiary/aromatic N) is 3. The van der Waals surface area contributed by atoms with Gasteiger partial charge in [0.2, 0.25) is 0 Å². The third-order valence-electron chi connectivity index (χ3n) is 2.06. The van der Waals surface area contributed by atoms with E-state index >= 15 is 0 Å². The minimum atomic E-state index is 0.429. The molecule has 0 atom stereocenters. The van der Waals surface area contributed by atoms with E-state index in [9.17, 15) is 0 Å². The fourth-order valence-electron chi connectivity index (χ4n) is 1.27. The molecule has 14 heavy (non-hydrogen) atoms. The van der Waals surface area contributed by atoms with Gasteiger partial charge in [-0.25, -0.2) is 0 Å². The highest BCUT2D eigenvalue weighted by Crippen LogP contribution is 2.06. The van der Waals surface area contributed by atoms with Crippen molar-refractivity contribution < 1.29 is 0 Å². The summed E-state index contributed by atoms with van der Waals surface area (Å²) in [5.41, 5.74) is 8.21. The van der Waals surface area contributed by atoms with Crippen molar-refractivity contribution >= 4 is 0 Å². The van der Waals surface area contributed by atoms with Crippen LogP contribution in [0.5, 0.6) is 0 Å². The maximum Gasteiger partial charge on any atom is 0.0996 e. The monoisotopic (exact) mass is 188 g/mol. The maximum absolute atomic E-state index is 5.53. The maximum atomic E-state index is 5.53. The van der Waals surface area contributed by atoms with Crippen LogP contribution in [0.3, 0.4) is 0 Å². The zero-order valence-electron chi connectivity index (χ0n) is 8.01. The van der Waals surface area contributed by atoms with Crippen molar-refractivity contribution in [1.29, 1.82) is 0 Å². The van der Waals surface area contributed by atoms with Crippen LogP contribution in [0.2, 0.25) is 0 Å². The summed E-state index contributed by atoms with van der Waals surface area (Å²) in [6.07, 6.45) is 0. The molecule has 0 spiro atoms. The molecule has 1 heterocycles. The number of rotatable bonds is 2. The Balaban J connectivity index is 2.43. The summed E-state index contributed by atoms with van der Waals surface area (Å²) in [6.45, 7) is 2.34. The summed E-state index contributed by atoms with van der Waals surface area (Å²) in [5.74, 6) is 0. The predicted octanol–water partition coefficient (Wildman–Crippen LogP) is 1.03. The van der Waals surface area contributed by atoms with Crippen molar-refractivity contribution in [1.82, 2.24) is 15.0 Å². The summed E-state index contributed by atoms with van der Waals surface area (Å²) in [7, 11) is 0. The number of hydrogen-bond donors (Lipinski definition) is 1. The van der Waals surface area contributed by atoms with Crippen LogP contribution in [0.25, 0.3) is 5.69 Å². The molecule has 0 radical (unpaired) electrons. The van der Waals surface area contributed by atoms with Crippen molar-refractivity contribution in [2.45, 2.75) is 13.5 Å². The molecule has 0 aliphatic rings. The van der Waals surface area contributed by atoms with Crippen LogP contribution in [0.1, 0.15) is 11.4 Å². The lowest BCUT2D eigenvalue weighted by Crippen LogP contribution is -2.01. The Morgan fingerprint density at radius 2 is 1.93 bits per heavy atom. The lowest BCUT2D eigenvalue weighted by Gasteiger charge is -1.96. The standard InChI is InChI=1S/C10H12N4/c1-8-10(7-11)13-14(12-8)9-5-3-2-4-6-9/h2-6H,7,11H2,1H3. The molecule has 4 nitrogen and oxygen atoms in total. The van der Waals surface area contributed by atoms with Gasteiger partial charge in [-0.15, -0.1) is 0 Å². The topological polar surface area (TPSA) is 56.7 Å². The molecule has 4 heteroatoms. The quantitative estimate of drug-likeness (QED) is 0.766. The van der Waals surface area contributed by atoms with Gasteiger partial charge in [-0.1, -0.05) is 18.2 Å². The molecule has 0 bridgehead atoms. The zero-order chi connectivity index (χ0) is 9.97. The van der Waals surface area contributed by atoms with Gasteiger partial charge in [0.15, 0.2) is 0 Å². The van der Waals surface area contributed by atoms with Crippen molar-refractivity contribution in [3.63, 3.8) is 0 Å². The van der Waals surface area contributed by atoms with Gasteiger partial charge < -0.3 is 5.73 Å². The van der Waals surface area contributed by atoms with Crippen molar-refractivity contribution in [2.75, 3.05) is 0 Å². The van der Waals surface area contributed by atoms with E-state index in [4.69, 9.17) is 5.73 Å². The summed E-state index contributed by atoms with van der Waals surface area (Å²) in [5, 5.41) is 8.56. The van der Waals surface area contributed by atoms with Crippen LogP contribution in [0, 0.1) is 6.92 Å². The smallest absolute Gasteiger partial charge is 0.0996 e. The molecule has 1 aromatic carbocycles. The van der Waals surface area contributed by atoms with Gasteiger partial charge in [0.1, 0.15) is 0 Å². The normalized spacial score (nSPS) is 10.4. The van der Waals surface area contributed by atoms with Crippen molar-refractivity contribution in [3.05, 3.63) is 41.7 Å². The van der Waals surface area contributed by atoms with Crippen LogP contribution in [0.4, 0.5) is 0 Å². The van der Waals surface area contributed by atoms with E-state index in [1.54, 1.807) is 4.80 Å². The van der Waals surface area contributed by atoms with Crippen LogP contribution >= 0.6 is 0 Å². The van der Waals surface area contributed by atoms with Gasteiger partial charge in [0.05, 0.1) is 17.1 Å². The van der Waals surface area contributed by atoms with Gasteiger partial charge in [0.25, 0.3) is 0 Å². The summed E-state index contributed by atoms with van der Waals surface area (Å²) in [4.78, 5) is 1.61. The second kappa shape index (κ2) is 3.59. The Morgan fingerprint density at radius 1 is 1.21 bits per heavy atom. The fourth-order valence-corrected chi connectivity index (χ4v) is 1.27. The Morgan fingerprint density at radius 3 is 2.50 bits per heavy atom. The SMILES string of the molecule is Cc1nn(-c2ccccc2)nc1CN. The molecule has 0 aliphatic heterocycles. The summed E-state index contributed by atoms with van der Waals surface area (Å²) in [6, 6.07) is 9.79. The molecular formula is C10H12N4. The van der Waals surface area contributed by atoms with Crippen LogP contribution in [0.15, 0.2) is 30.3 Å². The van der Waals surface area contributed by atoms with Gasteiger partial charge in [0, 0.05) is 6.54 Å². The van der Waals surface area contributed by atoms with Crippen LogP contribution < -0.4 is 5.73 Å². The number of aryl methyl sites for hydroxylation is 1. The van der Waals surface area contributed by atoms with Crippen LogP contribution in [-0.4, -0.2) is 15.0 Å². The molecule has 72 valence electrons. The Bertz CT molecular complexity index is 419. The molecule has 2 rings (SSSR count). The highest BCUT2D eigenvalue weighted by atomic mass is 15.5. The average molecular weight is 188 g/mol. The molecule has 0 amide bonds. The highest BCUT2D eigenvalue weighted by molar-refractivity contribution is 5.29. The molecule has 0 fully saturated rings. The molecule has 2 aromatic rings. The van der Waals surface area contributed by atoms with Gasteiger partial charge >= 0.3 is 0 Å². The molecule has 2 N–H and O–H groups in total. The van der Waals surface area contributed by atoms with Crippen molar-refractivity contribution in [2.24, 2.45) is 5.73 Å². The van der Waals surface area contributed by atoms with Crippen molar-refractivity contribution in [3.8, 4) is 5.69 Å². The lowest BCUT2D eigenvalue weighted by molar-refractivity contribution is 0.734. The van der Waals surface area contributed by atoms with E-state index in [1.165, 1.54) is 0 Å². The van der Waals surface area contributed by atoms with Gasteiger partial charge in [-0.3, -0.25) is 0 Å². The first-order valence-corrected chi connectivity index (χ1v) is 4.49. The largest absolute Gasteiger partial charge is 0.325 e. The Kier molecular flexibility index (Phi) is 2.28. The first-order valence-electron chi connectivity index (χ1n) is 4.49. The van der Waals surface area contributed by atoms with E-state index in [0.717, 1.165) is 17.1 Å². The molecular weight excluding hydrogens is 176 g/mol. The predicted molar refractivity (Wildman–Crippen MR) is 54.0 cm³/mol.